The van der Waals surface area contributed by atoms with Crippen molar-refractivity contribution in [2.75, 3.05) is 44.2 Å². The minimum absolute atomic E-state index is 0.154. The van der Waals surface area contributed by atoms with E-state index in [4.69, 9.17) is 5.11 Å². The Labute approximate surface area is 114 Å². The highest BCUT2D eigenvalue weighted by atomic mass is 19.1. The van der Waals surface area contributed by atoms with Crippen molar-refractivity contribution in [2.45, 2.75) is 19.8 Å². The van der Waals surface area contributed by atoms with Gasteiger partial charge in [-0.3, -0.25) is 4.90 Å². The number of halogens is 1. The quantitative estimate of drug-likeness (QED) is 0.903. The Morgan fingerprint density at radius 3 is 2.42 bits per heavy atom. The van der Waals surface area contributed by atoms with Gasteiger partial charge in [0.05, 0.1) is 6.61 Å². The summed E-state index contributed by atoms with van der Waals surface area (Å²) in [7, 11) is 0. The number of rotatable bonds is 4. The molecule has 3 nitrogen and oxygen atoms in total. The Bertz CT molecular complexity index is 415. The van der Waals surface area contributed by atoms with Crippen LogP contribution in [0.4, 0.5) is 10.1 Å². The largest absolute Gasteiger partial charge is 0.395 e. The minimum Gasteiger partial charge on any atom is -0.395 e. The van der Waals surface area contributed by atoms with Gasteiger partial charge in [0.15, 0.2) is 0 Å². The molecule has 0 saturated carbocycles. The third-order valence-corrected chi connectivity index (χ3v) is 3.73. The van der Waals surface area contributed by atoms with Crippen LogP contribution < -0.4 is 4.90 Å². The van der Waals surface area contributed by atoms with Crippen LogP contribution in [0.5, 0.6) is 0 Å². The summed E-state index contributed by atoms with van der Waals surface area (Å²) in [6, 6.07) is 5.33. The maximum absolute atomic E-state index is 13.7. The zero-order valence-electron chi connectivity index (χ0n) is 11.8. The molecule has 1 heterocycles. The Kier molecular flexibility index (Phi) is 4.77. The smallest absolute Gasteiger partial charge is 0.125 e. The lowest BCUT2D eigenvalue weighted by molar-refractivity contribution is 0.189. The van der Waals surface area contributed by atoms with Gasteiger partial charge in [0.1, 0.15) is 5.82 Å². The van der Waals surface area contributed by atoms with Crippen molar-refractivity contribution < 1.29 is 9.50 Å². The van der Waals surface area contributed by atoms with E-state index >= 15 is 0 Å². The second-order valence-corrected chi connectivity index (χ2v) is 5.45. The van der Waals surface area contributed by atoms with Gasteiger partial charge in [-0.05, 0) is 29.7 Å². The number of hydrogen-bond donors (Lipinski definition) is 1. The number of β-amino-alcohol motifs (C(OH)–C–C–N with tert-alkyl or cyclic N) is 1. The Morgan fingerprint density at radius 2 is 1.84 bits per heavy atom. The highest BCUT2D eigenvalue weighted by Crippen LogP contribution is 2.24. The Hall–Kier alpha value is -1.13. The summed E-state index contributed by atoms with van der Waals surface area (Å²) in [6.45, 7) is 8.73. The molecule has 0 aliphatic carbocycles. The lowest BCUT2D eigenvalue weighted by Gasteiger charge is -2.36. The van der Waals surface area contributed by atoms with Crippen LogP contribution in [0.3, 0.4) is 0 Å². The molecule has 0 amide bonds. The first-order valence-corrected chi connectivity index (χ1v) is 6.99. The van der Waals surface area contributed by atoms with Gasteiger partial charge >= 0.3 is 0 Å². The molecule has 1 N–H and O–H groups in total. The standard InChI is InChI=1S/C15H23FN2O/c1-12(2)13-9-14(16)11-15(10-13)18-5-3-17(4-6-18)7-8-19/h9-12,19H,3-8H2,1-2H3. The van der Waals surface area contributed by atoms with Crippen molar-refractivity contribution in [3.05, 3.63) is 29.6 Å². The molecule has 0 aromatic heterocycles. The highest BCUT2D eigenvalue weighted by Gasteiger charge is 2.17. The third-order valence-electron chi connectivity index (χ3n) is 3.73. The molecule has 106 valence electrons. The van der Waals surface area contributed by atoms with Crippen LogP contribution in [0, 0.1) is 5.82 Å². The van der Waals surface area contributed by atoms with E-state index in [1.807, 2.05) is 0 Å². The zero-order chi connectivity index (χ0) is 13.8. The maximum Gasteiger partial charge on any atom is 0.125 e. The van der Waals surface area contributed by atoms with Gasteiger partial charge in [-0.1, -0.05) is 13.8 Å². The van der Waals surface area contributed by atoms with Crippen LogP contribution in [0.1, 0.15) is 25.3 Å². The number of nitrogens with zero attached hydrogens (tertiary/aromatic N) is 2. The van der Waals surface area contributed by atoms with Gasteiger partial charge in [-0.25, -0.2) is 4.39 Å². The van der Waals surface area contributed by atoms with E-state index in [9.17, 15) is 4.39 Å². The van der Waals surface area contributed by atoms with Crippen molar-refractivity contribution >= 4 is 5.69 Å². The molecule has 0 atom stereocenters. The molecule has 1 aromatic carbocycles. The number of aliphatic hydroxyl groups is 1. The fourth-order valence-electron chi connectivity index (χ4n) is 2.48. The van der Waals surface area contributed by atoms with Gasteiger partial charge in [-0.2, -0.15) is 0 Å². The summed E-state index contributed by atoms with van der Waals surface area (Å²) in [5.74, 6) is 0.184. The highest BCUT2D eigenvalue weighted by molar-refractivity contribution is 5.50. The topological polar surface area (TPSA) is 26.7 Å². The molecule has 1 saturated heterocycles. The summed E-state index contributed by atoms with van der Waals surface area (Å²) >= 11 is 0. The summed E-state index contributed by atoms with van der Waals surface area (Å²) in [5, 5.41) is 8.93. The molecule has 0 spiro atoms. The first-order chi connectivity index (χ1) is 9.10. The van der Waals surface area contributed by atoms with Crippen LogP contribution in [0.2, 0.25) is 0 Å². The second-order valence-electron chi connectivity index (χ2n) is 5.45. The van der Waals surface area contributed by atoms with Gasteiger partial charge in [-0.15, -0.1) is 0 Å². The number of anilines is 1. The zero-order valence-corrected chi connectivity index (χ0v) is 11.8. The van der Waals surface area contributed by atoms with E-state index in [2.05, 4.69) is 29.7 Å². The molecule has 4 heteroatoms. The molecular weight excluding hydrogens is 243 g/mol. The lowest BCUT2D eigenvalue weighted by atomic mass is 10.0. The molecule has 19 heavy (non-hydrogen) atoms. The fraction of sp³-hybridized carbons (Fsp3) is 0.600. The molecule has 0 radical (unpaired) electrons. The van der Waals surface area contributed by atoms with Crippen LogP contribution in [0.25, 0.3) is 0 Å². The molecular formula is C15H23FN2O. The van der Waals surface area contributed by atoms with Crippen LogP contribution >= 0.6 is 0 Å². The number of benzene rings is 1. The summed E-state index contributed by atoms with van der Waals surface area (Å²) < 4.78 is 13.7. The second kappa shape index (κ2) is 6.35. The number of hydrogen-bond acceptors (Lipinski definition) is 3. The monoisotopic (exact) mass is 266 g/mol. The first-order valence-electron chi connectivity index (χ1n) is 6.99. The average Bonchev–Trinajstić information content (AvgIpc) is 2.39. The molecule has 0 bridgehead atoms. The summed E-state index contributed by atoms with van der Waals surface area (Å²) in [6.07, 6.45) is 0. The summed E-state index contributed by atoms with van der Waals surface area (Å²) in [5.41, 5.74) is 2.03. The van der Waals surface area contributed by atoms with Gasteiger partial charge in [0, 0.05) is 38.4 Å². The van der Waals surface area contributed by atoms with E-state index in [0.29, 0.717) is 5.92 Å². The number of piperazine rings is 1. The van der Waals surface area contributed by atoms with E-state index in [1.165, 1.54) is 0 Å². The van der Waals surface area contributed by atoms with Crippen molar-refractivity contribution in [1.82, 2.24) is 4.90 Å². The fourth-order valence-corrected chi connectivity index (χ4v) is 2.48. The van der Waals surface area contributed by atoms with Crippen LogP contribution in [-0.2, 0) is 0 Å². The molecule has 2 rings (SSSR count). The molecule has 1 aromatic rings. The predicted molar refractivity (Wildman–Crippen MR) is 76.2 cm³/mol. The van der Waals surface area contributed by atoms with Crippen molar-refractivity contribution in [3.8, 4) is 0 Å². The normalized spacial score (nSPS) is 17.2. The summed E-state index contributed by atoms with van der Waals surface area (Å²) in [4.78, 5) is 4.46. The molecule has 1 aliphatic rings. The van der Waals surface area contributed by atoms with Crippen LogP contribution in [-0.4, -0.2) is 49.3 Å². The van der Waals surface area contributed by atoms with Crippen molar-refractivity contribution in [3.63, 3.8) is 0 Å². The van der Waals surface area contributed by atoms with Gasteiger partial charge < -0.3 is 10.0 Å². The van der Waals surface area contributed by atoms with E-state index in [0.717, 1.165) is 44.0 Å². The average molecular weight is 266 g/mol. The minimum atomic E-state index is -0.154. The van der Waals surface area contributed by atoms with Crippen molar-refractivity contribution in [1.29, 1.82) is 0 Å². The molecule has 1 aliphatic heterocycles. The van der Waals surface area contributed by atoms with E-state index < -0.39 is 0 Å². The molecule has 1 fully saturated rings. The lowest BCUT2D eigenvalue weighted by Crippen LogP contribution is -2.47. The van der Waals surface area contributed by atoms with Gasteiger partial charge in [0.2, 0.25) is 0 Å². The van der Waals surface area contributed by atoms with Gasteiger partial charge in [0.25, 0.3) is 0 Å². The first kappa shape index (κ1) is 14.3. The molecule has 0 unspecified atom stereocenters. The van der Waals surface area contributed by atoms with Crippen molar-refractivity contribution in [2.24, 2.45) is 0 Å². The maximum atomic E-state index is 13.7. The van der Waals surface area contributed by atoms with Crippen LogP contribution in [0.15, 0.2) is 18.2 Å². The SMILES string of the molecule is CC(C)c1cc(F)cc(N2CCN(CCO)CC2)c1. The Morgan fingerprint density at radius 1 is 1.16 bits per heavy atom. The van der Waals surface area contributed by atoms with E-state index in [-0.39, 0.29) is 12.4 Å². The number of aliphatic hydroxyl groups excluding tert-OH is 1. The third kappa shape index (κ3) is 3.67. The Balaban J connectivity index is 2.06. The predicted octanol–water partition coefficient (Wildman–Crippen LogP) is 2.06. The van der Waals surface area contributed by atoms with E-state index in [1.54, 1.807) is 12.1 Å².